The molecule has 1 amide bonds. The lowest BCUT2D eigenvalue weighted by Crippen LogP contribution is -2.55. The number of hydrogen-bond acceptors (Lipinski definition) is 5. The van der Waals surface area contributed by atoms with E-state index in [2.05, 4.69) is 43.8 Å². The van der Waals surface area contributed by atoms with Gasteiger partial charge < -0.3 is 24.8 Å². The van der Waals surface area contributed by atoms with Gasteiger partial charge in [0, 0.05) is 67.3 Å². The number of aromatic hydroxyl groups is 1. The molecule has 6 rings (SSSR count). The molecule has 3 aromatic rings. The number of H-pyrrole nitrogens is 1. The molecule has 1 aromatic carbocycles. The van der Waals surface area contributed by atoms with E-state index < -0.39 is 0 Å². The van der Waals surface area contributed by atoms with Crippen molar-refractivity contribution in [1.82, 2.24) is 19.8 Å². The fourth-order valence-electron chi connectivity index (χ4n) is 6.14. The fourth-order valence-corrected chi connectivity index (χ4v) is 6.14. The van der Waals surface area contributed by atoms with Crippen LogP contribution in [0.2, 0.25) is 0 Å². The van der Waals surface area contributed by atoms with Crippen LogP contribution in [0.1, 0.15) is 23.5 Å². The molecule has 166 valence electrons. The van der Waals surface area contributed by atoms with E-state index in [1.165, 1.54) is 5.56 Å². The number of piperidine rings is 1. The van der Waals surface area contributed by atoms with Crippen molar-refractivity contribution >= 4 is 22.6 Å². The van der Waals surface area contributed by atoms with Crippen LogP contribution < -0.4 is 4.90 Å². The van der Waals surface area contributed by atoms with Gasteiger partial charge in [0.05, 0.1) is 5.92 Å². The molecular weight excluding hydrogens is 402 g/mol. The highest BCUT2D eigenvalue weighted by atomic mass is 16.3. The molecule has 0 bridgehead atoms. The predicted molar refractivity (Wildman–Crippen MR) is 124 cm³/mol. The Kier molecular flexibility index (Phi) is 4.61. The molecule has 1 aliphatic carbocycles. The van der Waals surface area contributed by atoms with Gasteiger partial charge in [-0.25, -0.2) is 4.98 Å². The molecule has 2 saturated heterocycles. The number of likely N-dealkylation sites (N-methyl/N-ethyl adjacent to an activating group) is 1. The third-order valence-corrected chi connectivity index (χ3v) is 7.74. The van der Waals surface area contributed by atoms with E-state index in [-0.39, 0.29) is 11.8 Å². The largest absolute Gasteiger partial charge is 0.494 e. The van der Waals surface area contributed by atoms with E-state index in [1.54, 1.807) is 0 Å². The number of aromatic amines is 1. The Morgan fingerprint density at radius 1 is 1.12 bits per heavy atom. The first kappa shape index (κ1) is 19.6. The van der Waals surface area contributed by atoms with Crippen LogP contribution in [0.5, 0.6) is 5.88 Å². The number of carbonyl (C=O) groups is 1. The molecule has 2 aromatic heterocycles. The number of pyridine rings is 1. The topological polar surface area (TPSA) is 75.7 Å². The van der Waals surface area contributed by atoms with Crippen molar-refractivity contribution in [1.29, 1.82) is 0 Å². The van der Waals surface area contributed by atoms with Gasteiger partial charge in [0.1, 0.15) is 5.82 Å². The molecule has 0 unspecified atom stereocenters. The van der Waals surface area contributed by atoms with Crippen LogP contribution >= 0.6 is 0 Å². The number of anilines is 1. The maximum absolute atomic E-state index is 13.5. The van der Waals surface area contributed by atoms with E-state index in [4.69, 9.17) is 0 Å². The zero-order chi connectivity index (χ0) is 21.8. The minimum absolute atomic E-state index is 0.00648. The average molecular weight is 432 g/mol. The molecule has 4 heterocycles. The highest BCUT2D eigenvalue weighted by Crippen LogP contribution is 2.46. The summed E-state index contributed by atoms with van der Waals surface area (Å²) in [6.07, 6.45) is 3.52. The van der Waals surface area contributed by atoms with Crippen LogP contribution in [0.3, 0.4) is 0 Å². The first-order valence-corrected chi connectivity index (χ1v) is 11.6. The Morgan fingerprint density at radius 3 is 2.75 bits per heavy atom. The third-order valence-electron chi connectivity index (χ3n) is 7.74. The summed E-state index contributed by atoms with van der Waals surface area (Å²) in [6, 6.07) is 12.6. The SMILES string of the molecule is CN1C[C@H](C(=O)N2CCN(c3ccccn3)CC2)C[C@@H]2c3cccc4[nH]c(O)c(c34)C[C@H]21. The predicted octanol–water partition coefficient (Wildman–Crippen LogP) is 2.58. The number of amides is 1. The van der Waals surface area contributed by atoms with Crippen LogP contribution in [0.4, 0.5) is 5.82 Å². The first-order chi connectivity index (χ1) is 15.6. The van der Waals surface area contributed by atoms with Gasteiger partial charge in [0.25, 0.3) is 0 Å². The highest BCUT2D eigenvalue weighted by Gasteiger charge is 2.43. The van der Waals surface area contributed by atoms with E-state index in [0.29, 0.717) is 17.8 Å². The summed E-state index contributed by atoms with van der Waals surface area (Å²) in [6.45, 7) is 3.91. The van der Waals surface area contributed by atoms with E-state index in [1.807, 2.05) is 30.5 Å². The van der Waals surface area contributed by atoms with E-state index in [0.717, 1.165) is 67.8 Å². The van der Waals surface area contributed by atoms with Crippen molar-refractivity contribution in [3.63, 3.8) is 0 Å². The second-order valence-corrected chi connectivity index (χ2v) is 9.47. The van der Waals surface area contributed by atoms with Gasteiger partial charge in [-0.05, 0) is 43.7 Å². The van der Waals surface area contributed by atoms with Crippen LogP contribution in [0.15, 0.2) is 42.6 Å². The minimum Gasteiger partial charge on any atom is -0.494 e. The molecule has 0 saturated carbocycles. The monoisotopic (exact) mass is 431 g/mol. The quantitative estimate of drug-likeness (QED) is 0.652. The maximum atomic E-state index is 13.5. The number of benzene rings is 1. The van der Waals surface area contributed by atoms with E-state index in [9.17, 15) is 9.90 Å². The molecule has 2 fully saturated rings. The number of nitrogens with zero attached hydrogens (tertiary/aromatic N) is 4. The molecule has 7 nitrogen and oxygen atoms in total. The first-order valence-electron chi connectivity index (χ1n) is 11.6. The highest BCUT2D eigenvalue weighted by molar-refractivity contribution is 5.91. The Hall–Kier alpha value is -3.06. The number of nitrogens with one attached hydrogen (secondary N) is 1. The molecule has 2 N–H and O–H groups in total. The summed E-state index contributed by atoms with van der Waals surface area (Å²) in [7, 11) is 2.13. The van der Waals surface area contributed by atoms with Gasteiger partial charge >= 0.3 is 0 Å². The van der Waals surface area contributed by atoms with Crippen molar-refractivity contribution in [3.05, 3.63) is 53.7 Å². The van der Waals surface area contributed by atoms with Gasteiger partial charge in [-0.15, -0.1) is 0 Å². The van der Waals surface area contributed by atoms with Crippen LogP contribution in [0, 0.1) is 5.92 Å². The second kappa shape index (κ2) is 7.52. The third kappa shape index (κ3) is 3.06. The standard InChI is InChI=1S/C25H29N5O2/c1-28-15-16(25(32)30-11-9-29(10-12-30)22-7-2-3-8-26-22)13-18-17-5-4-6-20-23(17)19(14-21(18)28)24(31)27-20/h2-8,16,18,21,27,31H,9-15H2,1H3/t16-,18-,21-/m1/s1. The van der Waals surface area contributed by atoms with Crippen LogP contribution in [0.25, 0.3) is 10.9 Å². The zero-order valence-corrected chi connectivity index (χ0v) is 18.4. The van der Waals surface area contributed by atoms with Gasteiger partial charge in [-0.2, -0.15) is 0 Å². The van der Waals surface area contributed by atoms with Gasteiger partial charge in [-0.3, -0.25) is 4.79 Å². The average Bonchev–Trinajstić information content (AvgIpc) is 3.16. The Balaban J connectivity index is 1.20. The molecule has 3 aliphatic rings. The second-order valence-electron chi connectivity index (χ2n) is 9.47. The van der Waals surface area contributed by atoms with Crippen molar-refractivity contribution in [2.75, 3.05) is 44.7 Å². The lowest BCUT2D eigenvalue weighted by molar-refractivity contribution is -0.138. The summed E-state index contributed by atoms with van der Waals surface area (Å²) < 4.78 is 0. The summed E-state index contributed by atoms with van der Waals surface area (Å²) in [5.41, 5.74) is 3.30. The van der Waals surface area contributed by atoms with E-state index >= 15 is 0 Å². The van der Waals surface area contributed by atoms with Crippen molar-refractivity contribution in [2.24, 2.45) is 5.92 Å². The fraction of sp³-hybridized carbons (Fsp3) is 0.440. The molecule has 0 spiro atoms. The number of fused-ring (bicyclic) bond motifs is 2. The van der Waals surface area contributed by atoms with Gasteiger partial charge in [0.15, 0.2) is 5.88 Å². The number of piperazine rings is 1. The van der Waals surface area contributed by atoms with Gasteiger partial charge in [-0.1, -0.05) is 18.2 Å². The smallest absolute Gasteiger partial charge is 0.227 e. The Labute approximate surface area is 187 Å². The van der Waals surface area contributed by atoms with Gasteiger partial charge in [0.2, 0.25) is 5.91 Å². The number of rotatable bonds is 2. The number of aromatic nitrogens is 2. The summed E-state index contributed by atoms with van der Waals surface area (Å²) in [4.78, 5) is 27.8. The van der Waals surface area contributed by atoms with Crippen molar-refractivity contribution < 1.29 is 9.90 Å². The summed E-state index contributed by atoms with van der Waals surface area (Å²) in [5.74, 6) is 1.88. The molecule has 0 radical (unpaired) electrons. The molecular formula is C25H29N5O2. The molecule has 32 heavy (non-hydrogen) atoms. The van der Waals surface area contributed by atoms with Crippen molar-refractivity contribution in [2.45, 2.75) is 24.8 Å². The number of likely N-dealkylation sites (tertiary alicyclic amines) is 1. The summed E-state index contributed by atoms with van der Waals surface area (Å²) in [5, 5.41) is 11.6. The Morgan fingerprint density at radius 2 is 1.97 bits per heavy atom. The molecule has 2 aliphatic heterocycles. The Bertz CT molecular complexity index is 1150. The van der Waals surface area contributed by atoms with Crippen LogP contribution in [-0.2, 0) is 11.2 Å². The lowest BCUT2D eigenvalue weighted by Gasteiger charge is -2.46. The maximum Gasteiger partial charge on any atom is 0.227 e. The molecule has 3 atom stereocenters. The van der Waals surface area contributed by atoms with Crippen LogP contribution in [-0.4, -0.2) is 76.6 Å². The number of hydrogen-bond donors (Lipinski definition) is 2. The summed E-state index contributed by atoms with van der Waals surface area (Å²) >= 11 is 0. The normalized spacial score (nSPS) is 25.7. The van der Waals surface area contributed by atoms with Crippen molar-refractivity contribution in [3.8, 4) is 5.88 Å². The number of carbonyl (C=O) groups excluding carboxylic acids is 1. The zero-order valence-electron chi connectivity index (χ0n) is 18.4. The lowest BCUT2D eigenvalue weighted by atomic mass is 9.72. The minimum atomic E-state index is 0.00648. The molecule has 7 heteroatoms.